The molecule has 7 nitrogen and oxygen atoms in total. The number of aliphatic hydroxyl groups is 1. The number of ketones is 1. The molecule has 1 aromatic heterocycles. The Labute approximate surface area is 126 Å². The summed E-state index contributed by atoms with van der Waals surface area (Å²) in [6, 6.07) is 3.76. The minimum absolute atomic E-state index is 0.0581. The lowest BCUT2D eigenvalue weighted by atomic mass is 10.1. The number of Topliss-reactive ketones (excluding diaryl/α,β-unsaturated/α-hetero) is 1. The first-order valence-corrected chi connectivity index (χ1v) is 6.07. The molecule has 2 rings (SSSR count). The van der Waals surface area contributed by atoms with Gasteiger partial charge in [0.2, 0.25) is 0 Å². The molecule has 1 aromatic carbocycles. The van der Waals surface area contributed by atoms with Crippen molar-refractivity contribution in [3.8, 4) is 11.4 Å². The highest BCUT2D eigenvalue weighted by Gasteiger charge is 2.33. The van der Waals surface area contributed by atoms with E-state index in [9.17, 15) is 28.1 Å². The summed E-state index contributed by atoms with van der Waals surface area (Å²) in [5, 5.41) is 19.8. The number of carbonyl (C=O) groups is 1. The lowest BCUT2D eigenvalue weighted by molar-refractivity contribution is -0.385. The number of halogens is 3. The van der Waals surface area contributed by atoms with E-state index in [1.165, 1.54) is 6.07 Å². The molecule has 0 aliphatic heterocycles. The molecule has 0 spiro atoms. The molecule has 0 saturated heterocycles. The molecule has 0 unspecified atom stereocenters. The van der Waals surface area contributed by atoms with Crippen molar-refractivity contribution in [3.63, 3.8) is 0 Å². The predicted molar refractivity (Wildman–Crippen MR) is 70.5 cm³/mol. The van der Waals surface area contributed by atoms with Crippen LogP contribution in [-0.4, -0.2) is 32.4 Å². The average molecular weight is 327 g/mol. The molecule has 1 N–H and O–H groups in total. The van der Waals surface area contributed by atoms with E-state index in [2.05, 4.69) is 9.97 Å². The van der Waals surface area contributed by atoms with E-state index >= 15 is 0 Å². The topological polar surface area (TPSA) is 106 Å². The summed E-state index contributed by atoms with van der Waals surface area (Å²) in [7, 11) is 0. The van der Waals surface area contributed by atoms with E-state index in [-0.39, 0.29) is 17.0 Å². The number of nitrogens with zero attached hydrogens (tertiary/aromatic N) is 3. The Morgan fingerprint density at radius 2 is 2.00 bits per heavy atom. The lowest BCUT2D eigenvalue weighted by Gasteiger charge is -2.07. The van der Waals surface area contributed by atoms with Crippen LogP contribution in [0.5, 0.6) is 0 Å². The summed E-state index contributed by atoms with van der Waals surface area (Å²) in [6.45, 7) is -0.930. The Balaban J connectivity index is 2.55. The fourth-order valence-corrected chi connectivity index (χ4v) is 1.80. The van der Waals surface area contributed by atoms with Gasteiger partial charge in [-0.15, -0.1) is 0 Å². The smallest absolute Gasteiger partial charge is 0.388 e. The van der Waals surface area contributed by atoms with Gasteiger partial charge in [0.15, 0.2) is 11.6 Å². The minimum atomic E-state index is -4.68. The van der Waals surface area contributed by atoms with Crippen LogP contribution in [-0.2, 0) is 6.18 Å². The van der Waals surface area contributed by atoms with Crippen LogP contribution >= 0.6 is 0 Å². The summed E-state index contributed by atoms with van der Waals surface area (Å²) in [5.74, 6) is -1.25. The van der Waals surface area contributed by atoms with Crippen molar-refractivity contribution in [1.82, 2.24) is 9.97 Å². The van der Waals surface area contributed by atoms with Gasteiger partial charge in [-0.1, -0.05) is 0 Å². The highest BCUT2D eigenvalue weighted by molar-refractivity contribution is 6.01. The molecule has 10 heteroatoms. The predicted octanol–water partition coefficient (Wildman–Crippen LogP) is 2.25. The number of carbonyl (C=O) groups excluding carboxylic acids is 1. The van der Waals surface area contributed by atoms with Crippen LogP contribution in [0.2, 0.25) is 0 Å². The molecule has 0 bridgehead atoms. The molecule has 0 saturated carbocycles. The van der Waals surface area contributed by atoms with Crippen molar-refractivity contribution < 1.29 is 28.0 Å². The third-order valence-electron chi connectivity index (χ3n) is 2.84. The number of aliphatic hydroxyl groups excluding tert-OH is 1. The van der Waals surface area contributed by atoms with Crippen LogP contribution in [0.25, 0.3) is 11.4 Å². The first-order valence-electron chi connectivity index (χ1n) is 6.07. The summed E-state index contributed by atoms with van der Waals surface area (Å²) in [4.78, 5) is 28.5. The Morgan fingerprint density at radius 3 is 2.57 bits per heavy atom. The summed E-state index contributed by atoms with van der Waals surface area (Å²) < 4.78 is 37.9. The van der Waals surface area contributed by atoms with Gasteiger partial charge in [-0.05, 0) is 18.2 Å². The van der Waals surface area contributed by atoms with Crippen LogP contribution < -0.4 is 0 Å². The Morgan fingerprint density at radius 1 is 1.30 bits per heavy atom. The van der Waals surface area contributed by atoms with Gasteiger partial charge in [0.1, 0.15) is 12.3 Å². The molecule has 23 heavy (non-hydrogen) atoms. The second-order valence-corrected chi connectivity index (χ2v) is 4.33. The molecule has 0 aliphatic carbocycles. The summed E-state index contributed by atoms with van der Waals surface area (Å²) >= 11 is 0. The average Bonchev–Trinajstić information content (AvgIpc) is 2.52. The maximum atomic E-state index is 12.6. The SMILES string of the molecule is O=C(CO)c1ccc(-c2nccc(C(F)(F)F)n2)cc1[N+](=O)[O-]. The minimum Gasteiger partial charge on any atom is -0.388 e. The van der Waals surface area contributed by atoms with Gasteiger partial charge in [-0.2, -0.15) is 13.2 Å². The van der Waals surface area contributed by atoms with E-state index in [1.807, 2.05) is 0 Å². The third kappa shape index (κ3) is 3.48. The van der Waals surface area contributed by atoms with Crippen LogP contribution in [0.1, 0.15) is 16.1 Å². The molecular formula is C13H8F3N3O4. The zero-order valence-electron chi connectivity index (χ0n) is 11.2. The van der Waals surface area contributed by atoms with Crippen LogP contribution in [0, 0.1) is 10.1 Å². The maximum absolute atomic E-state index is 12.6. The van der Waals surface area contributed by atoms with E-state index in [1.54, 1.807) is 0 Å². The first kappa shape index (κ1) is 16.5. The van der Waals surface area contributed by atoms with E-state index in [4.69, 9.17) is 5.11 Å². The van der Waals surface area contributed by atoms with E-state index in [0.29, 0.717) is 6.07 Å². The molecule has 0 amide bonds. The summed E-state index contributed by atoms with van der Waals surface area (Å²) in [6.07, 6.45) is -3.81. The molecule has 120 valence electrons. The Bertz CT molecular complexity index is 777. The number of nitro benzene ring substituents is 1. The van der Waals surface area contributed by atoms with Gasteiger partial charge in [-0.25, -0.2) is 9.97 Å². The van der Waals surface area contributed by atoms with Crippen molar-refractivity contribution in [3.05, 3.63) is 51.8 Å². The van der Waals surface area contributed by atoms with Crippen molar-refractivity contribution in [2.75, 3.05) is 6.61 Å². The largest absolute Gasteiger partial charge is 0.433 e. The van der Waals surface area contributed by atoms with Gasteiger partial charge in [0.05, 0.1) is 10.5 Å². The number of rotatable bonds is 4. The number of nitro groups is 1. The number of benzene rings is 1. The van der Waals surface area contributed by atoms with Crippen LogP contribution in [0.15, 0.2) is 30.5 Å². The number of hydrogen-bond donors (Lipinski definition) is 1. The van der Waals surface area contributed by atoms with Crippen LogP contribution in [0.4, 0.5) is 18.9 Å². The molecule has 0 fully saturated rings. The molecule has 0 aliphatic rings. The van der Waals surface area contributed by atoms with Gasteiger partial charge in [0.25, 0.3) is 5.69 Å². The van der Waals surface area contributed by atoms with Gasteiger partial charge in [0, 0.05) is 17.8 Å². The zero-order valence-corrected chi connectivity index (χ0v) is 11.2. The summed E-state index contributed by atoms with van der Waals surface area (Å²) in [5.41, 5.74) is -2.26. The van der Waals surface area contributed by atoms with E-state index < -0.39 is 34.9 Å². The molecule has 0 atom stereocenters. The van der Waals surface area contributed by atoms with Crippen molar-refractivity contribution >= 4 is 11.5 Å². The van der Waals surface area contributed by atoms with E-state index in [0.717, 1.165) is 18.3 Å². The molecule has 1 heterocycles. The van der Waals surface area contributed by atoms with Crippen molar-refractivity contribution in [1.29, 1.82) is 0 Å². The second-order valence-electron chi connectivity index (χ2n) is 4.33. The third-order valence-corrected chi connectivity index (χ3v) is 2.84. The molecule has 2 aromatic rings. The number of alkyl halides is 3. The monoisotopic (exact) mass is 327 g/mol. The van der Waals surface area contributed by atoms with Gasteiger partial charge in [-0.3, -0.25) is 14.9 Å². The van der Waals surface area contributed by atoms with Crippen molar-refractivity contribution in [2.45, 2.75) is 6.18 Å². The van der Waals surface area contributed by atoms with Gasteiger partial charge >= 0.3 is 6.18 Å². The number of aromatic nitrogens is 2. The second kappa shape index (κ2) is 6.08. The number of hydrogen-bond acceptors (Lipinski definition) is 6. The lowest BCUT2D eigenvalue weighted by Crippen LogP contribution is -2.10. The zero-order chi connectivity index (χ0) is 17.2. The fourth-order valence-electron chi connectivity index (χ4n) is 1.80. The normalized spacial score (nSPS) is 11.3. The maximum Gasteiger partial charge on any atom is 0.433 e. The first-order chi connectivity index (χ1) is 10.7. The highest BCUT2D eigenvalue weighted by Crippen LogP contribution is 2.30. The standard InChI is InChI=1S/C13H8F3N3O4/c14-13(15,16)11-3-4-17-12(18-11)7-1-2-8(10(21)6-20)9(5-7)19(22)23/h1-5,20H,6H2. The van der Waals surface area contributed by atoms with Gasteiger partial charge < -0.3 is 5.11 Å². The van der Waals surface area contributed by atoms with Crippen molar-refractivity contribution in [2.24, 2.45) is 0 Å². The fraction of sp³-hybridized carbons (Fsp3) is 0.154. The molecular weight excluding hydrogens is 319 g/mol. The highest BCUT2D eigenvalue weighted by atomic mass is 19.4. The Hall–Kier alpha value is -2.88. The quantitative estimate of drug-likeness (QED) is 0.524. The Kier molecular flexibility index (Phi) is 4.36. The van der Waals surface area contributed by atoms with Crippen LogP contribution in [0.3, 0.4) is 0 Å². The molecule has 0 radical (unpaired) electrons.